The van der Waals surface area contributed by atoms with Gasteiger partial charge in [0.2, 0.25) is 6.41 Å². The second-order valence-corrected chi connectivity index (χ2v) is 4.33. The van der Waals surface area contributed by atoms with Gasteiger partial charge in [-0.15, -0.1) is 11.8 Å². The van der Waals surface area contributed by atoms with Gasteiger partial charge in [0.15, 0.2) is 6.04 Å². The van der Waals surface area contributed by atoms with Crippen LogP contribution in [0.25, 0.3) is 0 Å². The number of benzene rings is 1. The quantitative estimate of drug-likeness (QED) is 0.622. The molecular weight excluding hydrogens is 238 g/mol. The van der Waals surface area contributed by atoms with Gasteiger partial charge in [0.1, 0.15) is 0 Å². The number of rotatable bonds is 6. The third-order valence-corrected chi connectivity index (χ3v) is 3.24. The normalized spacial score (nSPS) is 11.9. The van der Waals surface area contributed by atoms with Gasteiger partial charge in [0.25, 0.3) is 0 Å². The topological polar surface area (TPSA) is 57.6 Å². The predicted octanol–water partition coefficient (Wildman–Crippen LogP) is 2.01. The van der Waals surface area contributed by atoms with E-state index in [1.165, 1.54) is 4.90 Å². The number of carbonyl (C=O) groups is 2. The van der Waals surface area contributed by atoms with Crippen molar-refractivity contribution in [3.63, 3.8) is 0 Å². The summed E-state index contributed by atoms with van der Waals surface area (Å²) in [6.07, 6.45) is 2.52. The molecule has 17 heavy (non-hydrogen) atoms. The molecule has 1 amide bonds. The molecule has 1 atom stereocenters. The summed E-state index contributed by atoms with van der Waals surface area (Å²) in [6, 6.07) is 6.30. The second-order valence-electron chi connectivity index (χ2n) is 3.45. The summed E-state index contributed by atoms with van der Waals surface area (Å²) in [5.74, 6) is -1.02. The van der Waals surface area contributed by atoms with Crippen LogP contribution >= 0.6 is 11.8 Å². The van der Waals surface area contributed by atoms with Crippen molar-refractivity contribution in [2.75, 3.05) is 12.8 Å². The Kier molecular flexibility index (Phi) is 5.03. The lowest BCUT2D eigenvalue weighted by molar-refractivity contribution is -0.146. The van der Waals surface area contributed by atoms with E-state index < -0.39 is 12.0 Å². The molecule has 1 unspecified atom stereocenters. The van der Waals surface area contributed by atoms with Gasteiger partial charge in [-0.2, -0.15) is 0 Å². The minimum absolute atomic E-state index is 0.366. The van der Waals surface area contributed by atoms with E-state index in [2.05, 4.69) is 0 Å². The largest absolute Gasteiger partial charge is 0.479 e. The minimum atomic E-state index is -1.02. The molecule has 0 saturated carbocycles. The first-order valence-corrected chi connectivity index (χ1v) is 6.44. The summed E-state index contributed by atoms with van der Waals surface area (Å²) in [6.45, 7) is 2.12. The van der Waals surface area contributed by atoms with Crippen LogP contribution < -0.4 is 0 Å². The Morgan fingerprint density at radius 3 is 2.41 bits per heavy atom. The number of thioether (sulfide) groups is 1. The molecule has 5 heteroatoms. The number of amides is 1. The molecule has 4 nitrogen and oxygen atoms in total. The summed E-state index contributed by atoms with van der Waals surface area (Å²) in [7, 11) is 0. The number of likely N-dealkylation sites (N-methyl/N-ethyl adjacent to an activating group) is 1. The van der Waals surface area contributed by atoms with Gasteiger partial charge in [0, 0.05) is 11.4 Å². The number of carboxylic acids is 1. The lowest BCUT2D eigenvalue weighted by atomic mass is 10.1. The van der Waals surface area contributed by atoms with Crippen LogP contribution in [0.5, 0.6) is 0 Å². The van der Waals surface area contributed by atoms with Gasteiger partial charge in [-0.25, -0.2) is 4.79 Å². The fourth-order valence-electron chi connectivity index (χ4n) is 1.58. The van der Waals surface area contributed by atoms with Crippen LogP contribution in [0.3, 0.4) is 0 Å². The summed E-state index contributed by atoms with van der Waals surface area (Å²) in [4.78, 5) is 24.4. The molecule has 0 aliphatic rings. The number of carbonyl (C=O) groups excluding carboxylic acids is 1. The van der Waals surface area contributed by atoms with E-state index in [9.17, 15) is 14.7 Å². The SMILES string of the molecule is CCN(C=O)C(C(=O)O)c1ccc(SC)cc1. The van der Waals surface area contributed by atoms with Crippen molar-refractivity contribution in [3.05, 3.63) is 29.8 Å². The molecule has 0 fully saturated rings. The lowest BCUT2D eigenvalue weighted by Gasteiger charge is -2.23. The molecule has 0 heterocycles. The highest BCUT2D eigenvalue weighted by Crippen LogP contribution is 2.23. The highest BCUT2D eigenvalue weighted by atomic mass is 32.2. The van der Waals surface area contributed by atoms with E-state index in [1.54, 1.807) is 30.8 Å². The minimum Gasteiger partial charge on any atom is -0.479 e. The molecule has 1 N–H and O–H groups in total. The molecule has 0 aromatic heterocycles. The molecule has 0 aliphatic carbocycles. The lowest BCUT2D eigenvalue weighted by Crippen LogP contribution is -2.32. The van der Waals surface area contributed by atoms with Crippen LogP contribution in [0.4, 0.5) is 0 Å². The van der Waals surface area contributed by atoms with E-state index in [0.717, 1.165) is 4.90 Å². The van der Waals surface area contributed by atoms with Gasteiger partial charge in [-0.05, 0) is 30.9 Å². The molecule has 92 valence electrons. The summed E-state index contributed by atoms with van der Waals surface area (Å²) >= 11 is 1.59. The van der Waals surface area contributed by atoms with Gasteiger partial charge >= 0.3 is 5.97 Å². The van der Waals surface area contributed by atoms with E-state index in [-0.39, 0.29) is 0 Å². The van der Waals surface area contributed by atoms with Crippen LogP contribution in [0.2, 0.25) is 0 Å². The molecule has 0 saturated heterocycles. The zero-order valence-corrected chi connectivity index (χ0v) is 10.6. The Bertz CT molecular complexity index is 391. The van der Waals surface area contributed by atoms with Crippen molar-refractivity contribution in [3.8, 4) is 0 Å². The van der Waals surface area contributed by atoms with Crippen LogP contribution in [0.1, 0.15) is 18.5 Å². The van der Waals surface area contributed by atoms with Crippen LogP contribution in [0, 0.1) is 0 Å². The van der Waals surface area contributed by atoms with E-state index in [4.69, 9.17) is 0 Å². The monoisotopic (exact) mass is 253 g/mol. The molecule has 0 bridgehead atoms. The molecule has 0 aliphatic heterocycles. The highest BCUT2D eigenvalue weighted by Gasteiger charge is 2.25. The Balaban J connectivity index is 3.04. The van der Waals surface area contributed by atoms with Crippen molar-refractivity contribution in [2.24, 2.45) is 0 Å². The smallest absolute Gasteiger partial charge is 0.331 e. The first kappa shape index (κ1) is 13.6. The van der Waals surface area contributed by atoms with Crippen molar-refractivity contribution in [1.29, 1.82) is 0 Å². The second kappa shape index (κ2) is 6.30. The Morgan fingerprint density at radius 2 is 2.06 bits per heavy atom. The van der Waals surface area contributed by atoms with Gasteiger partial charge < -0.3 is 10.0 Å². The van der Waals surface area contributed by atoms with Crippen LogP contribution in [0.15, 0.2) is 29.2 Å². The molecule has 0 radical (unpaired) electrons. The molecule has 0 spiro atoms. The van der Waals surface area contributed by atoms with Crippen LogP contribution in [-0.4, -0.2) is 35.2 Å². The van der Waals surface area contributed by atoms with Crippen molar-refractivity contribution in [1.82, 2.24) is 4.90 Å². The average Bonchev–Trinajstić information content (AvgIpc) is 2.35. The van der Waals surface area contributed by atoms with E-state index in [0.29, 0.717) is 18.5 Å². The standard InChI is InChI=1S/C12H15NO3S/c1-3-13(8-14)11(12(15)16)9-4-6-10(17-2)7-5-9/h4-8,11H,3H2,1-2H3,(H,15,16). The Labute approximate surface area is 105 Å². The first-order chi connectivity index (χ1) is 8.13. The molecule has 1 aromatic rings. The fraction of sp³-hybridized carbons (Fsp3) is 0.333. The summed E-state index contributed by atoms with van der Waals surface area (Å²) < 4.78 is 0. The summed E-state index contributed by atoms with van der Waals surface area (Å²) in [5.41, 5.74) is 0.615. The summed E-state index contributed by atoms with van der Waals surface area (Å²) in [5, 5.41) is 9.18. The predicted molar refractivity (Wildman–Crippen MR) is 67.0 cm³/mol. The zero-order chi connectivity index (χ0) is 12.8. The fourth-order valence-corrected chi connectivity index (χ4v) is 1.99. The van der Waals surface area contributed by atoms with Crippen LogP contribution in [-0.2, 0) is 9.59 Å². The number of carboxylic acid groups (broad SMARTS) is 1. The Hall–Kier alpha value is -1.49. The van der Waals surface area contributed by atoms with Gasteiger partial charge in [0.05, 0.1) is 0 Å². The number of hydrogen-bond acceptors (Lipinski definition) is 3. The molecule has 1 aromatic carbocycles. The highest BCUT2D eigenvalue weighted by molar-refractivity contribution is 7.98. The zero-order valence-electron chi connectivity index (χ0n) is 9.79. The van der Waals surface area contributed by atoms with E-state index >= 15 is 0 Å². The van der Waals surface area contributed by atoms with E-state index in [1.807, 2.05) is 18.4 Å². The maximum absolute atomic E-state index is 11.2. The van der Waals surface area contributed by atoms with Crippen molar-refractivity contribution in [2.45, 2.75) is 17.9 Å². The average molecular weight is 253 g/mol. The van der Waals surface area contributed by atoms with Gasteiger partial charge in [-0.3, -0.25) is 4.79 Å². The number of hydrogen-bond donors (Lipinski definition) is 1. The third kappa shape index (κ3) is 3.23. The van der Waals surface area contributed by atoms with Crippen molar-refractivity contribution >= 4 is 24.1 Å². The third-order valence-electron chi connectivity index (χ3n) is 2.50. The molecular formula is C12H15NO3S. The Morgan fingerprint density at radius 1 is 1.47 bits per heavy atom. The maximum atomic E-state index is 11.2. The first-order valence-electron chi connectivity index (χ1n) is 5.21. The van der Waals surface area contributed by atoms with Crippen molar-refractivity contribution < 1.29 is 14.7 Å². The maximum Gasteiger partial charge on any atom is 0.331 e. The van der Waals surface area contributed by atoms with Gasteiger partial charge in [-0.1, -0.05) is 12.1 Å². The number of nitrogens with zero attached hydrogens (tertiary/aromatic N) is 1. The number of aliphatic carboxylic acids is 1. The molecule has 1 rings (SSSR count).